The molecule has 0 saturated carbocycles. The van der Waals surface area contributed by atoms with Gasteiger partial charge in [-0.2, -0.15) is 5.10 Å². The average Bonchev–Trinajstić information content (AvgIpc) is 2.78. The lowest BCUT2D eigenvalue weighted by Crippen LogP contribution is -2.50. The Morgan fingerprint density at radius 2 is 1.80 bits per heavy atom. The van der Waals surface area contributed by atoms with Gasteiger partial charge in [0.05, 0.1) is 11.3 Å². The van der Waals surface area contributed by atoms with Gasteiger partial charge in [0.1, 0.15) is 0 Å². The number of aliphatic hydroxyl groups is 1. The minimum absolute atomic E-state index is 0.424. The van der Waals surface area contributed by atoms with Gasteiger partial charge in [-0.3, -0.25) is 14.5 Å². The molecule has 0 aliphatic carbocycles. The molecule has 0 spiro atoms. The zero-order valence-electron chi connectivity index (χ0n) is 13.2. The molecule has 0 amide bonds. The Morgan fingerprint density at radius 3 is 2.30 bits per heavy atom. The Morgan fingerprint density at radius 1 is 1.20 bits per heavy atom. The molecule has 114 valence electrons. The van der Waals surface area contributed by atoms with Crippen LogP contribution in [0.2, 0.25) is 0 Å². The van der Waals surface area contributed by atoms with Crippen LogP contribution in [0.15, 0.2) is 12.3 Å². The fourth-order valence-corrected chi connectivity index (χ4v) is 2.63. The number of hydrogen-bond acceptors (Lipinski definition) is 4. The highest BCUT2D eigenvalue weighted by Crippen LogP contribution is 2.11. The molecule has 2 rings (SSSR count). The summed E-state index contributed by atoms with van der Waals surface area (Å²) in [4.78, 5) is 4.77. The molecule has 2 heterocycles. The van der Waals surface area contributed by atoms with Crippen molar-refractivity contribution in [2.24, 2.45) is 0 Å². The van der Waals surface area contributed by atoms with Crippen LogP contribution in [0.4, 0.5) is 0 Å². The van der Waals surface area contributed by atoms with E-state index in [-0.39, 0.29) is 0 Å². The predicted molar refractivity (Wildman–Crippen MR) is 80.6 cm³/mol. The highest BCUT2D eigenvalue weighted by molar-refractivity contribution is 5.00. The van der Waals surface area contributed by atoms with Crippen molar-refractivity contribution in [2.75, 3.05) is 32.7 Å². The summed E-state index contributed by atoms with van der Waals surface area (Å²) in [5.41, 5.74) is 0.549. The van der Waals surface area contributed by atoms with E-state index >= 15 is 0 Å². The summed E-state index contributed by atoms with van der Waals surface area (Å²) in [6.45, 7) is 13.9. The monoisotopic (exact) mass is 280 g/mol. The normalized spacial score (nSPS) is 18.9. The summed E-state index contributed by atoms with van der Waals surface area (Å²) in [7, 11) is 0. The molecule has 20 heavy (non-hydrogen) atoms. The molecule has 1 N–H and O–H groups in total. The number of rotatable bonds is 5. The molecule has 0 radical (unpaired) electrons. The summed E-state index contributed by atoms with van der Waals surface area (Å²) in [6, 6.07) is 2.54. The standard InChI is InChI=1S/C15H28N4O/c1-13(2)19-6-5-14(16-19)11-17-7-9-18(10-8-17)12-15(3,4)20/h5-6,13,20H,7-12H2,1-4H3. The first-order valence-electron chi connectivity index (χ1n) is 7.54. The second kappa shape index (κ2) is 6.24. The SMILES string of the molecule is CC(C)n1ccc(CN2CCN(CC(C)(C)O)CC2)n1. The maximum absolute atomic E-state index is 9.86. The highest BCUT2D eigenvalue weighted by atomic mass is 16.3. The summed E-state index contributed by atoms with van der Waals surface area (Å²) in [5, 5.41) is 14.5. The van der Waals surface area contributed by atoms with Crippen molar-refractivity contribution in [3.63, 3.8) is 0 Å². The van der Waals surface area contributed by atoms with Gasteiger partial charge >= 0.3 is 0 Å². The van der Waals surface area contributed by atoms with Gasteiger partial charge < -0.3 is 5.11 Å². The maximum Gasteiger partial charge on any atom is 0.0764 e. The molecule has 1 aliphatic heterocycles. The van der Waals surface area contributed by atoms with Gasteiger partial charge in [0.25, 0.3) is 0 Å². The third kappa shape index (κ3) is 4.58. The van der Waals surface area contributed by atoms with Crippen LogP contribution in [0, 0.1) is 0 Å². The number of β-amino-alcohol motifs (C(OH)–C–C–N with tert-alkyl or cyclic N) is 1. The van der Waals surface area contributed by atoms with Gasteiger partial charge in [-0.05, 0) is 33.8 Å². The van der Waals surface area contributed by atoms with Crippen molar-refractivity contribution >= 4 is 0 Å². The van der Waals surface area contributed by atoms with E-state index in [1.54, 1.807) is 0 Å². The van der Waals surface area contributed by atoms with Crippen LogP contribution in [-0.2, 0) is 6.54 Å². The van der Waals surface area contributed by atoms with E-state index in [0.29, 0.717) is 6.04 Å². The lowest BCUT2D eigenvalue weighted by molar-refractivity contribution is 0.0165. The summed E-state index contributed by atoms with van der Waals surface area (Å²) in [5.74, 6) is 0. The maximum atomic E-state index is 9.86. The first-order chi connectivity index (χ1) is 9.33. The molecule has 5 heteroatoms. The lowest BCUT2D eigenvalue weighted by Gasteiger charge is -2.37. The van der Waals surface area contributed by atoms with Crippen molar-refractivity contribution in [3.8, 4) is 0 Å². The molecular formula is C15H28N4O. The first-order valence-corrected chi connectivity index (χ1v) is 7.54. The molecule has 1 aliphatic rings. The lowest BCUT2D eigenvalue weighted by atomic mass is 10.1. The Bertz CT molecular complexity index is 414. The number of aromatic nitrogens is 2. The molecule has 0 atom stereocenters. The van der Waals surface area contributed by atoms with Gasteiger partial charge in [-0.1, -0.05) is 0 Å². The third-order valence-electron chi connectivity index (χ3n) is 3.65. The van der Waals surface area contributed by atoms with E-state index < -0.39 is 5.60 Å². The average molecular weight is 280 g/mol. The predicted octanol–water partition coefficient (Wildman–Crippen LogP) is 1.35. The highest BCUT2D eigenvalue weighted by Gasteiger charge is 2.22. The van der Waals surface area contributed by atoms with Crippen molar-refractivity contribution in [1.82, 2.24) is 19.6 Å². The summed E-state index contributed by atoms with van der Waals surface area (Å²) in [6.07, 6.45) is 2.06. The van der Waals surface area contributed by atoms with E-state index in [0.717, 1.165) is 45.0 Å². The second-order valence-corrected chi connectivity index (χ2v) is 6.75. The molecule has 5 nitrogen and oxygen atoms in total. The molecule has 0 unspecified atom stereocenters. The Labute approximate surface area is 122 Å². The van der Waals surface area contributed by atoms with Gasteiger partial charge in [-0.25, -0.2) is 0 Å². The quantitative estimate of drug-likeness (QED) is 0.884. The van der Waals surface area contributed by atoms with Gasteiger partial charge in [0.2, 0.25) is 0 Å². The smallest absolute Gasteiger partial charge is 0.0764 e. The van der Waals surface area contributed by atoms with E-state index in [2.05, 4.69) is 41.0 Å². The fraction of sp³-hybridized carbons (Fsp3) is 0.800. The molecular weight excluding hydrogens is 252 g/mol. The van der Waals surface area contributed by atoms with Gasteiger partial charge in [0.15, 0.2) is 0 Å². The van der Waals surface area contributed by atoms with Crippen molar-refractivity contribution in [1.29, 1.82) is 0 Å². The molecule has 0 bridgehead atoms. The largest absolute Gasteiger partial charge is 0.389 e. The van der Waals surface area contributed by atoms with Crippen LogP contribution in [0.1, 0.15) is 39.4 Å². The first kappa shape index (κ1) is 15.5. The topological polar surface area (TPSA) is 44.5 Å². The fourth-order valence-electron chi connectivity index (χ4n) is 2.63. The Hall–Kier alpha value is -0.910. The van der Waals surface area contributed by atoms with E-state index in [1.165, 1.54) is 0 Å². The van der Waals surface area contributed by atoms with Crippen molar-refractivity contribution in [2.45, 2.75) is 45.9 Å². The molecule has 1 aromatic rings. The van der Waals surface area contributed by atoms with E-state index in [4.69, 9.17) is 0 Å². The van der Waals surface area contributed by atoms with Crippen LogP contribution in [0.3, 0.4) is 0 Å². The summed E-state index contributed by atoms with van der Waals surface area (Å²) < 4.78 is 2.01. The molecule has 1 saturated heterocycles. The molecule has 1 fully saturated rings. The Balaban J connectivity index is 1.79. The zero-order valence-corrected chi connectivity index (χ0v) is 13.2. The minimum atomic E-state index is -0.599. The van der Waals surface area contributed by atoms with Crippen LogP contribution >= 0.6 is 0 Å². The minimum Gasteiger partial charge on any atom is -0.389 e. The number of nitrogens with zero attached hydrogens (tertiary/aromatic N) is 4. The zero-order chi connectivity index (χ0) is 14.8. The van der Waals surface area contributed by atoms with E-state index in [1.807, 2.05) is 18.5 Å². The summed E-state index contributed by atoms with van der Waals surface area (Å²) >= 11 is 0. The van der Waals surface area contributed by atoms with E-state index in [9.17, 15) is 5.11 Å². The molecule has 1 aromatic heterocycles. The number of piperazine rings is 1. The molecule has 0 aromatic carbocycles. The van der Waals surface area contributed by atoms with Crippen LogP contribution in [-0.4, -0.2) is 63.0 Å². The van der Waals surface area contributed by atoms with Crippen LogP contribution in [0.25, 0.3) is 0 Å². The van der Waals surface area contributed by atoms with Crippen molar-refractivity contribution in [3.05, 3.63) is 18.0 Å². The van der Waals surface area contributed by atoms with Crippen molar-refractivity contribution < 1.29 is 5.11 Å². The van der Waals surface area contributed by atoms with Crippen LogP contribution in [0.5, 0.6) is 0 Å². The number of hydrogen-bond donors (Lipinski definition) is 1. The third-order valence-corrected chi connectivity index (χ3v) is 3.65. The second-order valence-electron chi connectivity index (χ2n) is 6.75. The Kier molecular flexibility index (Phi) is 4.83. The van der Waals surface area contributed by atoms with Gasteiger partial charge in [0, 0.05) is 51.5 Å². The van der Waals surface area contributed by atoms with Gasteiger partial charge in [-0.15, -0.1) is 0 Å². The van der Waals surface area contributed by atoms with Crippen LogP contribution < -0.4 is 0 Å².